The number of pyridine rings is 1. The van der Waals surface area contributed by atoms with Gasteiger partial charge >= 0.3 is 6.18 Å². The molecule has 1 aromatic rings. The van der Waals surface area contributed by atoms with Crippen LogP contribution in [0.15, 0.2) is 6.07 Å². The van der Waals surface area contributed by atoms with Gasteiger partial charge in [-0.3, -0.25) is 10.1 Å². The maximum atomic E-state index is 12.6. The normalized spacial score (nSPS) is 11.4. The highest BCUT2D eigenvalue weighted by atomic mass is 19.4. The van der Waals surface area contributed by atoms with Crippen LogP contribution < -0.4 is 0 Å². The topological polar surface area (TPSA) is 79.8 Å². The summed E-state index contributed by atoms with van der Waals surface area (Å²) >= 11 is 0. The highest BCUT2D eigenvalue weighted by Crippen LogP contribution is 2.36. The molecule has 10 heteroatoms. The monoisotopic (exact) mass is 281 g/mol. The Morgan fingerprint density at radius 2 is 2.05 bits per heavy atom. The van der Waals surface area contributed by atoms with Crippen molar-refractivity contribution in [2.75, 3.05) is 0 Å². The number of hydrogen-bond acceptors (Lipinski definition) is 4. The van der Waals surface area contributed by atoms with E-state index in [1.165, 1.54) is 6.07 Å². The largest absolute Gasteiger partial charge is 0.433 e. The predicted molar refractivity (Wildman–Crippen MR) is 50.2 cm³/mol. The zero-order chi connectivity index (χ0) is 14.8. The summed E-state index contributed by atoms with van der Waals surface area (Å²) in [4.78, 5) is 11.9. The van der Waals surface area contributed by atoms with E-state index < -0.39 is 46.6 Å². The first-order valence-corrected chi connectivity index (χ1v) is 4.59. The van der Waals surface area contributed by atoms with E-state index in [0.29, 0.717) is 6.07 Å². The Kier molecular flexibility index (Phi) is 3.98. The molecule has 0 amide bonds. The molecular weight excluding hydrogens is 277 g/mol. The van der Waals surface area contributed by atoms with Crippen LogP contribution >= 0.6 is 0 Å². The number of aromatic nitrogens is 1. The van der Waals surface area contributed by atoms with Gasteiger partial charge in [-0.2, -0.15) is 18.4 Å². The van der Waals surface area contributed by atoms with Crippen LogP contribution in [0.2, 0.25) is 0 Å². The minimum absolute atomic E-state index is 0.306. The zero-order valence-corrected chi connectivity index (χ0v) is 8.91. The molecule has 1 rings (SSSR count). The maximum absolute atomic E-state index is 12.6. The van der Waals surface area contributed by atoms with Gasteiger partial charge in [-0.1, -0.05) is 0 Å². The SMILES string of the molecule is N#CCc1cc([N+](=O)[O-])c(C(F)F)nc1C(F)(F)F. The summed E-state index contributed by atoms with van der Waals surface area (Å²) in [5, 5.41) is 18.9. The molecule has 0 N–H and O–H groups in total. The number of nitriles is 1. The van der Waals surface area contributed by atoms with E-state index in [4.69, 9.17) is 5.26 Å². The molecular formula is C9H4F5N3O2. The van der Waals surface area contributed by atoms with E-state index in [2.05, 4.69) is 4.98 Å². The van der Waals surface area contributed by atoms with E-state index >= 15 is 0 Å². The van der Waals surface area contributed by atoms with E-state index in [1.807, 2.05) is 0 Å². The Bertz CT molecular complexity index is 550. The van der Waals surface area contributed by atoms with Crippen LogP contribution in [0.3, 0.4) is 0 Å². The summed E-state index contributed by atoms with van der Waals surface area (Å²) < 4.78 is 62.6. The third kappa shape index (κ3) is 3.12. The molecule has 0 aliphatic rings. The van der Waals surface area contributed by atoms with Crippen molar-refractivity contribution in [3.63, 3.8) is 0 Å². The minimum atomic E-state index is -5.08. The molecule has 0 saturated carbocycles. The first-order valence-electron chi connectivity index (χ1n) is 4.59. The molecule has 0 saturated heterocycles. The van der Waals surface area contributed by atoms with Crippen molar-refractivity contribution in [2.24, 2.45) is 0 Å². The van der Waals surface area contributed by atoms with Gasteiger partial charge in [-0.05, 0) is 0 Å². The van der Waals surface area contributed by atoms with Crippen LogP contribution in [0.4, 0.5) is 27.6 Å². The summed E-state index contributed by atoms with van der Waals surface area (Å²) in [5.41, 5.74) is -5.34. The van der Waals surface area contributed by atoms with Crippen LogP contribution in [0.25, 0.3) is 0 Å². The fourth-order valence-electron chi connectivity index (χ4n) is 1.33. The van der Waals surface area contributed by atoms with Crippen LogP contribution in [0, 0.1) is 21.4 Å². The average molecular weight is 281 g/mol. The molecule has 0 atom stereocenters. The standard InChI is InChI=1S/C9H4F5N3O2/c10-8(11)6-5(17(18)19)3-4(1-2-15)7(16-6)9(12,13)14/h3,8H,1H2. The van der Waals surface area contributed by atoms with E-state index in [9.17, 15) is 32.1 Å². The van der Waals surface area contributed by atoms with Gasteiger partial charge < -0.3 is 0 Å². The number of hydrogen-bond donors (Lipinski definition) is 0. The molecule has 0 aliphatic carbocycles. The fraction of sp³-hybridized carbons (Fsp3) is 0.333. The summed E-state index contributed by atoms with van der Waals surface area (Å²) in [6.45, 7) is 0. The number of nitrogens with zero attached hydrogens (tertiary/aromatic N) is 3. The van der Waals surface area contributed by atoms with Gasteiger partial charge in [-0.15, -0.1) is 0 Å². The van der Waals surface area contributed by atoms with E-state index in [0.717, 1.165) is 0 Å². The zero-order valence-electron chi connectivity index (χ0n) is 8.91. The van der Waals surface area contributed by atoms with Crippen molar-refractivity contribution in [3.05, 3.63) is 33.1 Å². The quantitative estimate of drug-likeness (QED) is 0.484. The first-order chi connectivity index (χ1) is 8.68. The number of rotatable bonds is 3. The molecule has 0 unspecified atom stereocenters. The third-order valence-electron chi connectivity index (χ3n) is 2.05. The Morgan fingerprint density at radius 3 is 2.42 bits per heavy atom. The van der Waals surface area contributed by atoms with Crippen LogP contribution in [-0.4, -0.2) is 9.91 Å². The van der Waals surface area contributed by atoms with Crippen molar-refractivity contribution in [1.29, 1.82) is 5.26 Å². The predicted octanol–water partition coefficient (Wildman–Crippen LogP) is 3.01. The summed E-state index contributed by atoms with van der Waals surface area (Å²) in [5.74, 6) is 0. The highest BCUT2D eigenvalue weighted by Gasteiger charge is 2.39. The lowest BCUT2D eigenvalue weighted by atomic mass is 10.1. The first kappa shape index (κ1) is 14.7. The van der Waals surface area contributed by atoms with Crippen LogP contribution in [0.1, 0.15) is 23.4 Å². The molecule has 0 spiro atoms. The van der Waals surface area contributed by atoms with Crippen molar-refractivity contribution < 1.29 is 26.9 Å². The number of nitro groups is 1. The second kappa shape index (κ2) is 5.13. The summed E-state index contributed by atoms with van der Waals surface area (Å²) in [6.07, 6.45) is -9.44. The maximum Gasteiger partial charge on any atom is 0.433 e. The summed E-state index contributed by atoms with van der Waals surface area (Å²) in [6, 6.07) is 1.67. The van der Waals surface area contributed by atoms with Gasteiger partial charge in [0.25, 0.3) is 12.1 Å². The molecule has 0 radical (unpaired) electrons. The molecule has 5 nitrogen and oxygen atoms in total. The van der Waals surface area contributed by atoms with Crippen LogP contribution in [0.5, 0.6) is 0 Å². The molecule has 1 heterocycles. The van der Waals surface area contributed by atoms with Gasteiger partial charge in [0, 0.05) is 11.6 Å². The van der Waals surface area contributed by atoms with E-state index in [1.54, 1.807) is 0 Å². The Hall–Kier alpha value is -2.31. The molecule has 0 aliphatic heterocycles. The van der Waals surface area contributed by atoms with E-state index in [-0.39, 0.29) is 0 Å². The van der Waals surface area contributed by atoms with Gasteiger partial charge in [0.15, 0.2) is 5.69 Å². The average Bonchev–Trinajstić information content (AvgIpc) is 2.26. The lowest BCUT2D eigenvalue weighted by molar-refractivity contribution is -0.386. The Labute approximate surface area is 102 Å². The van der Waals surface area contributed by atoms with Gasteiger partial charge in [-0.25, -0.2) is 13.8 Å². The Morgan fingerprint density at radius 1 is 1.47 bits per heavy atom. The molecule has 0 fully saturated rings. The number of halogens is 5. The summed E-state index contributed by atoms with van der Waals surface area (Å²) in [7, 11) is 0. The van der Waals surface area contributed by atoms with Crippen LogP contribution in [-0.2, 0) is 12.6 Å². The smallest absolute Gasteiger partial charge is 0.258 e. The lowest BCUT2D eigenvalue weighted by Crippen LogP contribution is -2.15. The fourth-order valence-corrected chi connectivity index (χ4v) is 1.33. The van der Waals surface area contributed by atoms with Gasteiger partial charge in [0.2, 0.25) is 0 Å². The third-order valence-corrected chi connectivity index (χ3v) is 2.05. The van der Waals surface area contributed by atoms with Crippen molar-refractivity contribution in [2.45, 2.75) is 19.0 Å². The molecule has 1 aromatic heterocycles. The second-order valence-corrected chi connectivity index (χ2v) is 3.29. The lowest BCUT2D eigenvalue weighted by Gasteiger charge is -2.11. The number of alkyl halides is 5. The minimum Gasteiger partial charge on any atom is -0.258 e. The highest BCUT2D eigenvalue weighted by molar-refractivity contribution is 5.43. The van der Waals surface area contributed by atoms with Gasteiger partial charge in [0.05, 0.1) is 17.4 Å². The van der Waals surface area contributed by atoms with Crippen molar-refractivity contribution >= 4 is 5.69 Å². The van der Waals surface area contributed by atoms with Crippen molar-refractivity contribution in [1.82, 2.24) is 4.98 Å². The van der Waals surface area contributed by atoms with Gasteiger partial charge in [0.1, 0.15) is 5.69 Å². The molecule has 0 bridgehead atoms. The van der Waals surface area contributed by atoms with Crippen molar-refractivity contribution in [3.8, 4) is 6.07 Å². The molecule has 19 heavy (non-hydrogen) atoms. The second-order valence-electron chi connectivity index (χ2n) is 3.29. The Balaban J connectivity index is 3.61. The molecule has 102 valence electrons. The molecule has 0 aromatic carbocycles.